The van der Waals surface area contributed by atoms with E-state index in [0.29, 0.717) is 17.6 Å². The number of likely N-dealkylation sites (tertiary alicyclic amines) is 1. The number of furan rings is 1. The quantitative estimate of drug-likeness (QED) is 0.785. The van der Waals surface area contributed by atoms with E-state index in [9.17, 15) is 14.7 Å². The summed E-state index contributed by atoms with van der Waals surface area (Å²) >= 11 is 0. The normalized spacial score (nSPS) is 19.8. The third-order valence-electron chi connectivity index (χ3n) is 4.88. The molecule has 3 aromatic rings. The molecule has 2 atom stereocenters. The molecule has 1 aliphatic rings. The predicted molar refractivity (Wildman–Crippen MR) is 95.0 cm³/mol. The predicted octanol–water partition coefficient (Wildman–Crippen LogP) is 3.08. The van der Waals surface area contributed by atoms with Crippen molar-refractivity contribution in [2.75, 3.05) is 13.1 Å². The Morgan fingerprint density at radius 3 is 2.65 bits per heavy atom. The smallest absolute Gasteiger partial charge is 0.308 e. The van der Waals surface area contributed by atoms with Gasteiger partial charge >= 0.3 is 5.97 Å². The molecule has 1 N–H and O–H groups in total. The van der Waals surface area contributed by atoms with Gasteiger partial charge in [-0.2, -0.15) is 0 Å². The second kappa shape index (κ2) is 6.29. The summed E-state index contributed by atoms with van der Waals surface area (Å²) in [7, 11) is 0. The molecule has 0 spiro atoms. The number of pyridine rings is 1. The van der Waals surface area contributed by atoms with Crippen molar-refractivity contribution in [2.45, 2.75) is 12.8 Å². The Bertz CT molecular complexity index is 980. The van der Waals surface area contributed by atoms with Gasteiger partial charge in [0.25, 0.3) is 5.91 Å². The molecule has 0 bridgehead atoms. The van der Waals surface area contributed by atoms with E-state index in [4.69, 9.17) is 4.42 Å². The Kier molecular flexibility index (Phi) is 3.95. The molecule has 0 unspecified atom stereocenters. The summed E-state index contributed by atoms with van der Waals surface area (Å²) in [6, 6.07) is 14.7. The zero-order valence-corrected chi connectivity index (χ0v) is 14.3. The fraction of sp³-hybridized carbons (Fsp3) is 0.250. The van der Waals surface area contributed by atoms with Gasteiger partial charge in [0.05, 0.1) is 5.92 Å². The molecule has 6 heteroatoms. The number of carboxylic acids is 1. The molecular formula is C20H18N2O4. The maximum absolute atomic E-state index is 12.9. The zero-order chi connectivity index (χ0) is 18.3. The first-order valence-corrected chi connectivity index (χ1v) is 8.47. The number of amides is 1. The maximum atomic E-state index is 12.9. The number of fused-ring (bicyclic) bond motifs is 1. The van der Waals surface area contributed by atoms with E-state index in [1.54, 1.807) is 17.0 Å². The highest BCUT2D eigenvalue weighted by Crippen LogP contribution is 2.34. The van der Waals surface area contributed by atoms with Crippen LogP contribution in [0.5, 0.6) is 0 Å². The lowest BCUT2D eigenvalue weighted by atomic mass is 9.89. The highest BCUT2D eigenvalue weighted by molar-refractivity contribution is 5.96. The number of nitrogens with zero attached hydrogens (tertiary/aromatic N) is 2. The number of aliphatic carboxylic acids is 1. The molecule has 1 saturated heterocycles. The van der Waals surface area contributed by atoms with Gasteiger partial charge in [-0.05, 0) is 24.6 Å². The molecule has 4 rings (SSSR count). The van der Waals surface area contributed by atoms with Crippen LogP contribution in [-0.2, 0) is 4.79 Å². The lowest BCUT2D eigenvalue weighted by Gasteiger charge is -2.15. The molecule has 1 fully saturated rings. The summed E-state index contributed by atoms with van der Waals surface area (Å²) in [6.45, 7) is 2.39. The first-order chi connectivity index (χ1) is 12.5. The van der Waals surface area contributed by atoms with Gasteiger partial charge in [0.2, 0.25) is 0 Å². The molecule has 3 heterocycles. The summed E-state index contributed by atoms with van der Waals surface area (Å²) in [5.74, 6) is -1.87. The van der Waals surface area contributed by atoms with Crippen LogP contribution in [0.2, 0.25) is 0 Å². The topological polar surface area (TPSA) is 83.6 Å². The minimum atomic E-state index is -0.893. The highest BCUT2D eigenvalue weighted by atomic mass is 16.4. The largest absolute Gasteiger partial charge is 0.481 e. The average Bonchev–Trinajstić information content (AvgIpc) is 3.26. The molecule has 26 heavy (non-hydrogen) atoms. The van der Waals surface area contributed by atoms with Crippen LogP contribution in [0.1, 0.15) is 27.7 Å². The molecule has 0 saturated carbocycles. The standard InChI is InChI=1S/C20H18N2O4/c1-12-7-8-17-16(21-12)9-18(26-17)19(23)22-10-14(15(11-22)20(24)25)13-5-3-2-4-6-13/h2-9,14-15H,10-11H2,1H3,(H,24,25)/t14-,15-/m0/s1. The third kappa shape index (κ3) is 2.83. The molecule has 1 amide bonds. The van der Waals surface area contributed by atoms with Gasteiger partial charge in [-0.25, -0.2) is 4.98 Å². The molecule has 0 aliphatic carbocycles. The van der Waals surface area contributed by atoms with E-state index in [1.807, 2.05) is 43.3 Å². The van der Waals surface area contributed by atoms with Crippen LogP contribution in [0.3, 0.4) is 0 Å². The van der Waals surface area contributed by atoms with Crippen LogP contribution in [0, 0.1) is 12.8 Å². The third-order valence-corrected chi connectivity index (χ3v) is 4.88. The van der Waals surface area contributed by atoms with Crippen LogP contribution >= 0.6 is 0 Å². The Morgan fingerprint density at radius 1 is 1.15 bits per heavy atom. The van der Waals surface area contributed by atoms with Crippen molar-refractivity contribution in [3.05, 3.63) is 65.5 Å². The van der Waals surface area contributed by atoms with Crippen molar-refractivity contribution in [1.29, 1.82) is 0 Å². The van der Waals surface area contributed by atoms with E-state index in [-0.39, 0.29) is 24.1 Å². The van der Waals surface area contributed by atoms with Crippen LogP contribution in [0.15, 0.2) is 52.9 Å². The Hall–Kier alpha value is -3.15. The second-order valence-electron chi connectivity index (χ2n) is 6.62. The number of carbonyl (C=O) groups is 2. The lowest BCUT2D eigenvalue weighted by Crippen LogP contribution is -2.29. The number of hydrogen-bond donors (Lipinski definition) is 1. The van der Waals surface area contributed by atoms with Crippen LogP contribution < -0.4 is 0 Å². The van der Waals surface area contributed by atoms with Crippen LogP contribution in [0.4, 0.5) is 0 Å². The number of benzene rings is 1. The molecule has 2 aromatic heterocycles. The fourth-order valence-corrected chi connectivity index (χ4v) is 3.54. The zero-order valence-electron chi connectivity index (χ0n) is 14.3. The van der Waals surface area contributed by atoms with Crippen molar-refractivity contribution in [3.8, 4) is 0 Å². The van der Waals surface area contributed by atoms with Gasteiger partial charge in [-0.1, -0.05) is 30.3 Å². The SMILES string of the molecule is Cc1ccc2oc(C(=O)N3C[C@H](C(=O)O)[C@H](c4ccccc4)C3)cc2n1. The molecular weight excluding hydrogens is 332 g/mol. The monoisotopic (exact) mass is 350 g/mol. The summed E-state index contributed by atoms with van der Waals surface area (Å²) in [6.07, 6.45) is 0. The first kappa shape index (κ1) is 16.3. The Labute approximate surface area is 150 Å². The Balaban J connectivity index is 1.62. The second-order valence-corrected chi connectivity index (χ2v) is 6.62. The van der Waals surface area contributed by atoms with Gasteiger partial charge in [0.1, 0.15) is 5.52 Å². The maximum Gasteiger partial charge on any atom is 0.308 e. The van der Waals surface area contributed by atoms with E-state index in [0.717, 1.165) is 11.3 Å². The summed E-state index contributed by atoms with van der Waals surface area (Å²) in [5.41, 5.74) is 2.94. The van der Waals surface area contributed by atoms with E-state index < -0.39 is 11.9 Å². The van der Waals surface area contributed by atoms with Gasteiger partial charge < -0.3 is 14.4 Å². The Morgan fingerprint density at radius 2 is 1.92 bits per heavy atom. The van der Waals surface area contributed by atoms with Gasteiger partial charge in [0.15, 0.2) is 11.3 Å². The van der Waals surface area contributed by atoms with Gasteiger partial charge in [-0.3, -0.25) is 9.59 Å². The highest BCUT2D eigenvalue weighted by Gasteiger charge is 2.41. The minimum Gasteiger partial charge on any atom is -0.481 e. The van der Waals surface area contributed by atoms with E-state index in [2.05, 4.69) is 4.98 Å². The summed E-state index contributed by atoms with van der Waals surface area (Å²) in [5, 5.41) is 9.59. The molecule has 132 valence electrons. The summed E-state index contributed by atoms with van der Waals surface area (Å²) in [4.78, 5) is 30.5. The number of rotatable bonds is 3. The van der Waals surface area contributed by atoms with Crippen LogP contribution in [-0.4, -0.2) is 40.0 Å². The van der Waals surface area contributed by atoms with Crippen molar-refractivity contribution >= 4 is 23.0 Å². The number of hydrogen-bond acceptors (Lipinski definition) is 4. The van der Waals surface area contributed by atoms with Crippen molar-refractivity contribution in [3.63, 3.8) is 0 Å². The molecule has 1 aromatic carbocycles. The van der Waals surface area contributed by atoms with Gasteiger partial charge in [-0.15, -0.1) is 0 Å². The van der Waals surface area contributed by atoms with Gasteiger partial charge in [0, 0.05) is 30.8 Å². The van der Waals surface area contributed by atoms with E-state index >= 15 is 0 Å². The van der Waals surface area contributed by atoms with E-state index in [1.165, 1.54) is 0 Å². The number of carbonyl (C=O) groups excluding carboxylic acids is 1. The molecule has 0 radical (unpaired) electrons. The number of carboxylic acid groups (broad SMARTS) is 1. The van der Waals surface area contributed by atoms with Crippen molar-refractivity contribution < 1.29 is 19.1 Å². The van der Waals surface area contributed by atoms with Crippen LogP contribution in [0.25, 0.3) is 11.1 Å². The number of aryl methyl sites for hydroxylation is 1. The molecule has 6 nitrogen and oxygen atoms in total. The van der Waals surface area contributed by atoms with Crippen molar-refractivity contribution in [1.82, 2.24) is 9.88 Å². The lowest BCUT2D eigenvalue weighted by molar-refractivity contribution is -0.141. The minimum absolute atomic E-state index is 0.164. The average molecular weight is 350 g/mol. The molecule has 1 aliphatic heterocycles. The van der Waals surface area contributed by atoms with Crippen molar-refractivity contribution in [2.24, 2.45) is 5.92 Å². The first-order valence-electron chi connectivity index (χ1n) is 8.47. The summed E-state index contributed by atoms with van der Waals surface area (Å²) < 4.78 is 5.63. The number of aromatic nitrogens is 1. The fourth-order valence-electron chi connectivity index (χ4n) is 3.54.